The molecule has 0 bridgehead atoms. The molecule has 0 heterocycles. The number of carbonyl (C=O) groups is 2. The van der Waals surface area contributed by atoms with Gasteiger partial charge >= 0.3 is 5.97 Å². The number of carboxylic acid groups (broad SMARTS) is 1. The van der Waals surface area contributed by atoms with E-state index in [0.29, 0.717) is 29.9 Å². The summed E-state index contributed by atoms with van der Waals surface area (Å²) in [6, 6.07) is 3.26. The lowest BCUT2D eigenvalue weighted by Gasteiger charge is -2.26. The van der Waals surface area contributed by atoms with Gasteiger partial charge in [-0.25, -0.2) is 4.79 Å². The number of hydrogen-bond acceptors (Lipinski definition) is 5. The lowest BCUT2D eigenvalue weighted by Crippen LogP contribution is -2.37. The molecule has 1 aliphatic carbocycles. The summed E-state index contributed by atoms with van der Waals surface area (Å²) in [5.41, 5.74) is 1.17. The van der Waals surface area contributed by atoms with Crippen LogP contribution in [0.5, 0.6) is 11.5 Å². The monoisotopic (exact) mass is 280 g/mol. The molecule has 2 rings (SSSR count). The zero-order chi connectivity index (χ0) is 14.9. The quantitative estimate of drug-likeness (QED) is 0.851. The molecule has 6 heteroatoms. The zero-order valence-corrected chi connectivity index (χ0v) is 11.3. The summed E-state index contributed by atoms with van der Waals surface area (Å²) in [6.07, 6.45) is -0.866. The number of ketones is 1. The van der Waals surface area contributed by atoms with Gasteiger partial charge in [-0.15, -0.1) is 0 Å². The van der Waals surface area contributed by atoms with Gasteiger partial charge in [-0.3, -0.25) is 4.79 Å². The Morgan fingerprint density at radius 1 is 1.30 bits per heavy atom. The molecule has 1 aromatic carbocycles. The van der Waals surface area contributed by atoms with Crippen molar-refractivity contribution in [2.24, 2.45) is 5.92 Å². The Morgan fingerprint density at radius 2 is 1.90 bits per heavy atom. The molecule has 0 radical (unpaired) electrons. The van der Waals surface area contributed by atoms with Crippen LogP contribution in [0.1, 0.15) is 22.3 Å². The van der Waals surface area contributed by atoms with Crippen LogP contribution in [-0.4, -0.2) is 42.3 Å². The van der Waals surface area contributed by atoms with Gasteiger partial charge in [0.05, 0.1) is 20.1 Å². The Morgan fingerprint density at radius 3 is 2.45 bits per heavy atom. The number of carboxylic acids is 1. The van der Waals surface area contributed by atoms with E-state index in [-0.39, 0.29) is 5.78 Å². The molecule has 20 heavy (non-hydrogen) atoms. The lowest BCUT2D eigenvalue weighted by atomic mass is 9.79. The Kier molecular flexibility index (Phi) is 3.94. The van der Waals surface area contributed by atoms with E-state index in [0.717, 1.165) is 5.56 Å². The minimum atomic E-state index is -1.68. The number of aliphatic hydroxyl groups is 1. The molecule has 0 saturated heterocycles. The highest BCUT2D eigenvalue weighted by Gasteiger charge is 2.37. The van der Waals surface area contributed by atoms with Gasteiger partial charge < -0.3 is 19.7 Å². The number of fused-ring (bicyclic) bond motifs is 1. The summed E-state index contributed by atoms with van der Waals surface area (Å²) >= 11 is 0. The number of benzene rings is 1. The van der Waals surface area contributed by atoms with Crippen molar-refractivity contribution in [3.8, 4) is 11.5 Å². The van der Waals surface area contributed by atoms with Crippen LogP contribution in [-0.2, 0) is 11.2 Å². The topological polar surface area (TPSA) is 93.1 Å². The van der Waals surface area contributed by atoms with E-state index in [4.69, 9.17) is 14.6 Å². The van der Waals surface area contributed by atoms with Gasteiger partial charge in [0.1, 0.15) is 0 Å². The maximum atomic E-state index is 12.3. The molecule has 1 aromatic rings. The third-order valence-corrected chi connectivity index (χ3v) is 3.57. The molecule has 108 valence electrons. The van der Waals surface area contributed by atoms with Gasteiger partial charge in [-0.05, 0) is 30.5 Å². The van der Waals surface area contributed by atoms with E-state index < -0.39 is 18.0 Å². The first-order valence-electron chi connectivity index (χ1n) is 6.19. The molecular weight excluding hydrogens is 264 g/mol. The van der Waals surface area contributed by atoms with Crippen molar-refractivity contribution in [2.45, 2.75) is 18.9 Å². The van der Waals surface area contributed by atoms with E-state index in [1.807, 2.05) is 0 Å². The minimum Gasteiger partial charge on any atom is -0.493 e. The Balaban J connectivity index is 2.41. The number of ether oxygens (including phenoxy) is 2. The van der Waals surface area contributed by atoms with Crippen LogP contribution in [0.2, 0.25) is 0 Å². The number of aliphatic carboxylic acids is 1. The summed E-state index contributed by atoms with van der Waals surface area (Å²) in [7, 11) is 2.97. The minimum absolute atomic E-state index is 0.300. The number of Topliss-reactive ketones (excluding diaryl/α,β-unsaturated/α-hetero) is 1. The Labute approximate surface area is 115 Å². The fourth-order valence-electron chi connectivity index (χ4n) is 2.47. The SMILES string of the molecule is COc1cc2c(cc1OC)C(=O)C(C(O)C(=O)O)CC2. The van der Waals surface area contributed by atoms with E-state index >= 15 is 0 Å². The molecule has 2 N–H and O–H groups in total. The van der Waals surface area contributed by atoms with Crippen LogP contribution in [0.4, 0.5) is 0 Å². The first kappa shape index (κ1) is 14.3. The maximum absolute atomic E-state index is 12.3. The van der Waals surface area contributed by atoms with Gasteiger partial charge in [-0.1, -0.05) is 0 Å². The van der Waals surface area contributed by atoms with Crippen LogP contribution < -0.4 is 9.47 Å². The van der Waals surface area contributed by atoms with Gasteiger partial charge in [0.25, 0.3) is 0 Å². The Hall–Kier alpha value is -2.08. The van der Waals surface area contributed by atoms with Crippen molar-refractivity contribution in [2.75, 3.05) is 14.2 Å². The third-order valence-electron chi connectivity index (χ3n) is 3.57. The summed E-state index contributed by atoms with van der Waals surface area (Å²) in [6.45, 7) is 0. The molecule has 0 aliphatic heterocycles. The number of aliphatic hydroxyl groups excluding tert-OH is 1. The van der Waals surface area contributed by atoms with E-state index in [1.54, 1.807) is 6.07 Å². The normalized spacial score (nSPS) is 19.1. The second-order valence-corrected chi connectivity index (χ2v) is 4.66. The molecule has 0 spiro atoms. The molecule has 2 atom stereocenters. The van der Waals surface area contributed by atoms with Crippen molar-refractivity contribution in [3.05, 3.63) is 23.3 Å². The largest absolute Gasteiger partial charge is 0.493 e. The summed E-state index contributed by atoms with van der Waals surface area (Å²) < 4.78 is 10.3. The molecule has 1 aliphatic rings. The van der Waals surface area contributed by atoms with Crippen LogP contribution >= 0.6 is 0 Å². The van der Waals surface area contributed by atoms with Crippen LogP contribution in [0.15, 0.2) is 12.1 Å². The second-order valence-electron chi connectivity index (χ2n) is 4.66. The molecule has 0 aromatic heterocycles. The zero-order valence-electron chi connectivity index (χ0n) is 11.3. The van der Waals surface area contributed by atoms with E-state index in [9.17, 15) is 14.7 Å². The predicted molar refractivity (Wildman–Crippen MR) is 69.3 cm³/mol. The summed E-state index contributed by atoms with van der Waals surface area (Å²) in [5.74, 6) is -1.74. The van der Waals surface area contributed by atoms with Crippen molar-refractivity contribution < 1.29 is 29.3 Å². The number of aryl methyl sites for hydroxylation is 1. The number of rotatable bonds is 4. The van der Waals surface area contributed by atoms with E-state index in [1.165, 1.54) is 20.3 Å². The average molecular weight is 280 g/mol. The smallest absolute Gasteiger partial charge is 0.333 e. The van der Waals surface area contributed by atoms with Gasteiger partial charge in [0, 0.05) is 5.56 Å². The molecule has 2 unspecified atom stereocenters. The predicted octanol–water partition coefficient (Wildman–Crippen LogP) is 0.894. The van der Waals surface area contributed by atoms with Crippen molar-refractivity contribution in [1.29, 1.82) is 0 Å². The molecule has 0 fully saturated rings. The van der Waals surface area contributed by atoms with Crippen LogP contribution in [0, 0.1) is 5.92 Å². The first-order chi connectivity index (χ1) is 9.49. The van der Waals surface area contributed by atoms with Gasteiger partial charge in [0.2, 0.25) is 0 Å². The highest BCUT2D eigenvalue weighted by molar-refractivity contribution is 6.03. The number of methoxy groups -OCH3 is 2. The second kappa shape index (κ2) is 5.50. The summed E-state index contributed by atoms with van der Waals surface area (Å²) in [5, 5.41) is 18.4. The Bertz CT molecular complexity index is 551. The van der Waals surface area contributed by atoms with Gasteiger partial charge in [-0.2, -0.15) is 0 Å². The fraction of sp³-hybridized carbons (Fsp3) is 0.429. The van der Waals surface area contributed by atoms with Crippen molar-refractivity contribution >= 4 is 11.8 Å². The van der Waals surface area contributed by atoms with Crippen molar-refractivity contribution in [1.82, 2.24) is 0 Å². The molecular formula is C14H16O6. The maximum Gasteiger partial charge on any atom is 0.333 e. The lowest BCUT2D eigenvalue weighted by molar-refractivity contribution is -0.148. The highest BCUT2D eigenvalue weighted by atomic mass is 16.5. The van der Waals surface area contributed by atoms with Crippen molar-refractivity contribution in [3.63, 3.8) is 0 Å². The van der Waals surface area contributed by atoms with Gasteiger partial charge in [0.15, 0.2) is 23.4 Å². The highest BCUT2D eigenvalue weighted by Crippen LogP contribution is 2.36. The average Bonchev–Trinajstić information content (AvgIpc) is 2.45. The summed E-state index contributed by atoms with van der Waals surface area (Å²) in [4.78, 5) is 23.1. The van der Waals surface area contributed by atoms with Crippen LogP contribution in [0.25, 0.3) is 0 Å². The van der Waals surface area contributed by atoms with Crippen LogP contribution in [0.3, 0.4) is 0 Å². The molecule has 0 saturated carbocycles. The first-order valence-corrected chi connectivity index (χ1v) is 6.19. The molecule has 6 nitrogen and oxygen atoms in total. The third kappa shape index (κ3) is 2.34. The number of carbonyl (C=O) groups excluding carboxylic acids is 1. The number of hydrogen-bond donors (Lipinski definition) is 2. The fourth-order valence-corrected chi connectivity index (χ4v) is 2.47. The van der Waals surface area contributed by atoms with E-state index in [2.05, 4.69) is 0 Å². The standard InChI is InChI=1S/C14H16O6/c1-19-10-5-7-3-4-8(13(16)14(17)18)12(15)9(7)6-11(10)20-2/h5-6,8,13,16H,3-4H2,1-2H3,(H,17,18). The molecule has 0 amide bonds.